The molecule has 0 aromatic heterocycles. The average Bonchev–Trinajstić information content (AvgIpc) is 2.27. The quantitative estimate of drug-likeness (QED) is 0.756. The topological polar surface area (TPSA) is 20.2 Å². The summed E-state index contributed by atoms with van der Waals surface area (Å²) in [7, 11) is 0. The molecule has 0 aliphatic rings. The van der Waals surface area contributed by atoms with Crippen LogP contribution in [0, 0.1) is 5.92 Å². The largest absolute Gasteiger partial charge is 0.393 e. The van der Waals surface area contributed by atoms with Crippen molar-refractivity contribution in [1.82, 2.24) is 0 Å². The van der Waals surface area contributed by atoms with Crippen LogP contribution >= 0.6 is 0 Å². The lowest BCUT2D eigenvalue weighted by Gasteiger charge is -2.21. The fourth-order valence-electron chi connectivity index (χ4n) is 2.00. The SMILES string of the molecule is CCCC(O)C(CC)Cc1ccccc1. The molecule has 0 saturated carbocycles. The van der Waals surface area contributed by atoms with Gasteiger partial charge in [-0.15, -0.1) is 0 Å². The van der Waals surface area contributed by atoms with Crippen LogP contribution in [0.3, 0.4) is 0 Å². The second-order valence-electron chi connectivity index (χ2n) is 4.21. The smallest absolute Gasteiger partial charge is 0.0571 e. The van der Waals surface area contributed by atoms with Crippen LogP contribution in [-0.2, 0) is 6.42 Å². The van der Waals surface area contributed by atoms with Gasteiger partial charge in [-0.2, -0.15) is 0 Å². The Hall–Kier alpha value is -0.820. The molecule has 1 N–H and O–H groups in total. The molecule has 0 radical (unpaired) electrons. The molecule has 2 atom stereocenters. The molecule has 0 fully saturated rings. The van der Waals surface area contributed by atoms with Gasteiger partial charge in [0.15, 0.2) is 0 Å². The molecule has 0 saturated heterocycles. The molecule has 0 amide bonds. The van der Waals surface area contributed by atoms with Gasteiger partial charge in [-0.3, -0.25) is 0 Å². The van der Waals surface area contributed by atoms with Gasteiger partial charge < -0.3 is 5.11 Å². The predicted molar refractivity (Wildman–Crippen MR) is 64.8 cm³/mol. The van der Waals surface area contributed by atoms with Crippen molar-refractivity contribution in [2.75, 3.05) is 0 Å². The summed E-state index contributed by atoms with van der Waals surface area (Å²) in [5, 5.41) is 9.97. The molecule has 1 heteroatoms. The van der Waals surface area contributed by atoms with Crippen molar-refractivity contribution in [2.45, 2.75) is 45.6 Å². The molecule has 1 nitrogen and oxygen atoms in total. The summed E-state index contributed by atoms with van der Waals surface area (Å²) in [6, 6.07) is 10.4. The van der Waals surface area contributed by atoms with E-state index in [1.54, 1.807) is 0 Å². The molecule has 1 rings (SSSR count). The molecular formula is C14H22O. The zero-order chi connectivity index (χ0) is 11.1. The van der Waals surface area contributed by atoms with E-state index in [-0.39, 0.29) is 6.10 Å². The molecule has 0 aliphatic heterocycles. The fraction of sp³-hybridized carbons (Fsp3) is 0.571. The Morgan fingerprint density at radius 1 is 1.13 bits per heavy atom. The van der Waals surface area contributed by atoms with Crippen LogP contribution in [0.1, 0.15) is 38.7 Å². The van der Waals surface area contributed by atoms with Gasteiger partial charge in [0.1, 0.15) is 0 Å². The van der Waals surface area contributed by atoms with E-state index in [0.717, 1.165) is 25.7 Å². The van der Waals surface area contributed by atoms with Gasteiger partial charge in [-0.05, 0) is 24.3 Å². The monoisotopic (exact) mass is 206 g/mol. The third-order valence-electron chi connectivity index (χ3n) is 2.99. The van der Waals surface area contributed by atoms with Gasteiger partial charge in [0.2, 0.25) is 0 Å². The molecule has 0 heterocycles. The van der Waals surface area contributed by atoms with Crippen LogP contribution in [0.5, 0.6) is 0 Å². The van der Waals surface area contributed by atoms with Crippen LogP contribution in [-0.4, -0.2) is 11.2 Å². The maximum absolute atomic E-state index is 9.97. The van der Waals surface area contributed by atoms with E-state index in [1.807, 2.05) is 6.07 Å². The molecule has 15 heavy (non-hydrogen) atoms. The van der Waals surface area contributed by atoms with E-state index < -0.39 is 0 Å². The summed E-state index contributed by atoms with van der Waals surface area (Å²) >= 11 is 0. The minimum atomic E-state index is -0.139. The first-order valence-corrected chi connectivity index (χ1v) is 5.99. The maximum atomic E-state index is 9.97. The minimum absolute atomic E-state index is 0.139. The lowest BCUT2D eigenvalue weighted by molar-refractivity contribution is 0.0956. The number of hydrogen-bond donors (Lipinski definition) is 1. The highest BCUT2D eigenvalue weighted by molar-refractivity contribution is 5.15. The van der Waals surface area contributed by atoms with Crippen molar-refractivity contribution in [3.05, 3.63) is 35.9 Å². The molecule has 1 aromatic carbocycles. The summed E-state index contributed by atoms with van der Waals surface area (Å²) in [6.45, 7) is 4.28. The Morgan fingerprint density at radius 2 is 1.80 bits per heavy atom. The van der Waals surface area contributed by atoms with Crippen molar-refractivity contribution >= 4 is 0 Å². The molecule has 2 unspecified atom stereocenters. The lowest BCUT2D eigenvalue weighted by Crippen LogP contribution is -2.21. The minimum Gasteiger partial charge on any atom is -0.393 e. The number of rotatable bonds is 6. The Labute approximate surface area is 93.1 Å². The number of aliphatic hydroxyl groups excluding tert-OH is 1. The first-order chi connectivity index (χ1) is 7.27. The molecular weight excluding hydrogens is 184 g/mol. The van der Waals surface area contributed by atoms with Gasteiger partial charge >= 0.3 is 0 Å². The van der Waals surface area contributed by atoms with E-state index in [4.69, 9.17) is 0 Å². The van der Waals surface area contributed by atoms with E-state index in [2.05, 4.69) is 38.1 Å². The van der Waals surface area contributed by atoms with E-state index in [0.29, 0.717) is 5.92 Å². The van der Waals surface area contributed by atoms with Crippen molar-refractivity contribution in [3.63, 3.8) is 0 Å². The van der Waals surface area contributed by atoms with Crippen LogP contribution in [0.2, 0.25) is 0 Å². The summed E-state index contributed by atoms with van der Waals surface area (Å²) in [4.78, 5) is 0. The van der Waals surface area contributed by atoms with Gasteiger partial charge in [0.25, 0.3) is 0 Å². The standard InChI is InChI=1S/C14H22O/c1-3-8-14(15)13(4-2)11-12-9-6-5-7-10-12/h5-7,9-10,13-15H,3-4,8,11H2,1-2H3. The summed E-state index contributed by atoms with van der Waals surface area (Å²) in [5.41, 5.74) is 1.33. The van der Waals surface area contributed by atoms with Crippen LogP contribution in [0.25, 0.3) is 0 Å². The number of aliphatic hydroxyl groups is 1. The van der Waals surface area contributed by atoms with E-state index >= 15 is 0 Å². The summed E-state index contributed by atoms with van der Waals surface area (Å²) in [5.74, 6) is 0.410. The zero-order valence-corrected chi connectivity index (χ0v) is 9.82. The van der Waals surface area contributed by atoms with Crippen molar-refractivity contribution in [2.24, 2.45) is 5.92 Å². The lowest BCUT2D eigenvalue weighted by atomic mass is 9.89. The third-order valence-corrected chi connectivity index (χ3v) is 2.99. The van der Waals surface area contributed by atoms with Crippen LogP contribution < -0.4 is 0 Å². The molecule has 0 aliphatic carbocycles. The molecule has 1 aromatic rings. The first-order valence-electron chi connectivity index (χ1n) is 5.99. The van der Waals surface area contributed by atoms with Gasteiger partial charge in [-0.25, -0.2) is 0 Å². The third kappa shape index (κ3) is 4.05. The van der Waals surface area contributed by atoms with E-state index in [1.165, 1.54) is 5.56 Å². The highest BCUT2D eigenvalue weighted by atomic mass is 16.3. The average molecular weight is 206 g/mol. The molecule has 84 valence electrons. The second kappa shape index (κ2) is 6.62. The Kier molecular flexibility index (Phi) is 5.41. The van der Waals surface area contributed by atoms with Crippen LogP contribution in [0.4, 0.5) is 0 Å². The number of hydrogen-bond acceptors (Lipinski definition) is 1. The normalized spacial score (nSPS) is 14.9. The summed E-state index contributed by atoms with van der Waals surface area (Å²) in [6.07, 6.45) is 3.90. The van der Waals surface area contributed by atoms with Gasteiger partial charge in [0, 0.05) is 0 Å². The fourth-order valence-corrected chi connectivity index (χ4v) is 2.00. The number of benzene rings is 1. The summed E-state index contributed by atoms with van der Waals surface area (Å²) < 4.78 is 0. The zero-order valence-electron chi connectivity index (χ0n) is 9.82. The predicted octanol–water partition coefficient (Wildman–Crippen LogP) is 3.42. The van der Waals surface area contributed by atoms with E-state index in [9.17, 15) is 5.11 Å². The van der Waals surface area contributed by atoms with Crippen molar-refractivity contribution < 1.29 is 5.11 Å². The van der Waals surface area contributed by atoms with Gasteiger partial charge in [0.05, 0.1) is 6.10 Å². The molecule has 0 spiro atoms. The second-order valence-corrected chi connectivity index (χ2v) is 4.21. The first kappa shape index (κ1) is 12.3. The van der Waals surface area contributed by atoms with Crippen molar-refractivity contribution in [3.8, 4) is 0 Å². The van der Waals surface area contributed by atoms with Crippen molar-refractivity contribution in [1.29, 1.82) is 0 Å². The van der Waals surface area contributed by atoms with Crippen LogP contribution in [0.15, 0.2) is 30.3 Å². The highest BCUT2D eigenvalue weighted by Crippen LogP contribution is 2.18. The van der Waals surface area contributed by atoms with Gasteiger partial charge in [-0.1, -0.05) is 57.0 Å². The maximum Gasteiger partial charge on any atom is 0.0571 e. The Bertz CT molecular complexity index is 255. The molecule has 0 bridgehead atoms. The Morgan fingerprint density at radius 3 is 2.33 bits per heavy atom. The highest BCUT2D eigenvalue weighted by Gasteiger charge is 2.16. The Balaban J connectivity index is 2.53.